The van der Waals surface area contributed by atoms with E-state index in [9.17, 15) is 9.18 Å². The van der Waals surface area contributed by atoms with Crippen LogP contribution in [0.15, 0.2) is 36.5 Å². The Morgan fingerprint density at radius 1 is 1.40 bits per heavy atom. The average molecular weight is 271 g/mol. The molecule has 20 heavy (non-hydrogen) atoms. The predicted octanol–water partition coefficient (Wildman–Crippen LogP) is 2.56. The second-order valence-electron chi connectivity index (χ2n) is 4.05. The number of halogens is 1. The highest BCUT2D eigenvalue weighted by Gasteiger charge is 2.17. The van der Waals surface area contributed by atoms with Gasteiger partial charge in [-0.1, -0.05) is 0 Å². The van der Waals surface area contributed by atoms with E-state index < -0.39 is 11.8 Å². The Labute approximate surface area is 114 Å². The number of aromatic nitrogens is 1. The highest BCUT2D eigenvalue weighted by atomic mass is 19.1. The van der Waals surface area contributed by atoms with Crippen molar-refractivity contribution in [1.29, 1.82) is 5.26 Å². The van der Waals surface area contributed by atoms with Crippen LogP contribution in [0.3, 0.4) is 0 Å². The lowest BCUT2D eigenvalue weighted by atomic mass is 10.2. The second-order valence-corrected chi connectivity index (χ2v) is 4.05. The molecular formula is C14H10FN3O2. The first-order valence-corrected chi connectivity index (χ1v) is 5.65. The van der Waals surface area contributed by atoms with Gasteiger partial charge in [0.25, 0.3) is 0 Å². The van der Waals surface area contributed by atoms with Crippen molar-refractivity contribution in [2.75, 3.05) is 11.9 Å². The molecule has 0 aliphatic carbocycles. The Morgan fingerprint density at radius 2 is 2.05 bits per heavy atom. The number of carboxylic acids is 1. The van der Waals surface area contributed by atoms with Crippen LogP contribution in [0, 0.1) is 17.1 Å². The minimum atomic E-state index is -1.26. The van der Waals surface area contributed by atoms with Gasteiger partial charge in [0.2, 0.25) is 0 Å². The maximum Gasteiger partial charge on any atom is 0.339 e. The largest absolute Gasteiger partial charge is 0.478 e. The fourth-order valence-electron chi connectivity index (χ4n) is 1.74. The second kappa shape index (κ2) is 5.36. The number of anilines is 2. The van der Waals surface area contributed by atoms with Gasteiger partial charge in [-0.25, -0.2) is 14.2 Å². The molecule has 2 aromatic rings. The fraction of sp³-hybridized carbons (Fsp3) is 0.0714. The molecular weight excluding hydrogens is 261 g/mol. The molecule has 0 aliphatic rings. The third kappa shape index (κ3) is 2.57. The zero-order chi connectivity index (χ0) is 14.7. The van der Waals surface area contributed by atoms with E-state index in [4.69, 9.17) is 10.4 Å². The number of pyridine rings is 1. The standard InChI is InChI=1S/C14H10FN3O2/c1-18(11-4-2-9(7-16)3-5-11)13-12(14(19)20)6-10(15)8-17-13/h2-6,8H,1H3,(H,19,20). The highest BCUT2D eigenvalue weighted by Crippen LogP contribution is 2.25. The Bertz CT molecular complexity index is 693. The summed E-state index contributed by atoms with van der Waals surface area (Å²) in [7, 11) is 1.62. The van der Waals surface area contributed by atoms with Crippen molar-refractivity contribution in [2.45, 2.75) is 0 Å². The van der Waals surface area contributed by atoms with Crippen molar-refractivity contribution in [3.63, 3.8) is 0 Å². The SMILES string of the molecule is CN(c1ccc(C#N)cc1)c1ncc(F)cc1C(=O)O. The monoisotopic (exact) mass is 271 g/mol. The van der Waals surface area contributed by atoms with E-state index in [1.165, 1.54) is 4.90 Å². The first-order valence-electron chi connectivity index (χ1n) is 5.65. The Balaban J connectivity index is 2.44. The van der Waals surface area contributed by atoms with E-state index >= 15 is 0 Å². The van der Waals surface area contributed by atoms with Gasteiger partial charge >= 0.3 is 5.97 Å². The van der Waals surface area contributed by atoms with Crippen LogP contribution in [0.2, 0.25) is 0 Å². The molecule has 0 saturated carbocycles. The summed E-state index contributed by atoms with van der Waals surface area (Å²) in [6.45, 7) is 0. The van der Waals surface area contributed by atoms with E-state index in [0.717, 1.165) is 12.3 Å². The smallest absolute Gasteiger partial charge is 0.339 e. The minimum Gasteiger partial charge on any atom is -0.478 e. The van der Waals surface area contributed by atoms with Gasteiger partial charge in [0.05, 0.1) is 17.8 Å². The molecule has 0 bridgehead atoms. The molecule has 1 heterocycles. The zero-order valence-corrected chi connectivity index (χ0v) is 10.5. The van der Waals surface area contributed by atoms with Gasteiger partial charge in [-0.05, 0) is 30.3 Å². The minimum absolute atomic E-state index is 0.128. The van der Waals surface area contributed by atoms with Crippen LogP contribution in [0.5, 0.6) is 0 Å². The van der Waals surface area contributed by atoms with Crippen molar-refractivity contribution in [3.8, 4) is 6.07 Å². The van der Waals surface area contributed by atoms with Gasteiger partial charge in [0.15, 0.2) is 0 Å². The first kappa shape index (κ1) is 13.5. The molecule has 0 amide bonds. The molecule has 0 unspecified atom stereocenters. The maximum atomic E-state index is 13.1. The molecule has 0 saturated heterocycles. The van der Waals surface area contributed by atoms with E-state index in [0.29, 0.717) is 11.3 Å². The molecule has 100 valence electrons. The Hall–Kier alpha value is -2.94. The molecule has 0 radical (unpaired) electrons. The van der Waals surface area contributed by atoms with Crippen molar-refractivity contribution in [2.24, 2.45) is 0 Å². The van der Waals surface area contributed by atoms with Crippen LogP contribution in [0.25, 0.3) is 0 Å². The molecule has 1 aromatic heterocycles. The van der Waals surface area contributed by atoms with Crippen molar-refractivity contribution in [3.05, 3.63) is 53.5 Å². The third-order valence-electron chi connectivity index (χ3n) is 2.77. The number of carboxylic acid groups (broad SMARTS) is 1. The summed E-state index contributed by atoms with van der Waals surface area (Å²) in [5.74, 6) is -1.84. The molecule has 0 atom stereocenters. The Morgan fingerprint density at radius 3 is 2.60 bits per heavy atom. The number of nitrogens with zero attached hydrogens (tertiary/aromatic N) is 3. The summed E-state index contributed by atoms with van der Waals surface area (Å²) in [6.07, 6.45) is 0.960. The van der Waals surface area contributed by atoms with Gasteiger partial charge in [-0.3, -0.25) is 0 Å². The fourth-order valence-corrected chi connectivity index (χ4v) is 1.74. The van der Waals surface area contributed by atoms with Gasteiger partial charge in [0, 0.05) is 12.7 Å². The number of hydrogen-bond acceptors (Lipinski definition) is 4. The van der Waals surface area contributed by atoms with Gasteiger partial charge < -0.3 is 10.0 Å². The number of nitriles is 1. The molecule has 5 nitrogen and oxygen atoms in total. The van der Waals surface area contributed by atoms with Crippen LogP contribution >= 0.6 is 0 Å². The molecule has 2 rings (SSSR count). The predicted molar refractivity (Wildman–Crippen MR) is 70.4 cm³/mol. The molecule has 6 heteroatoms. The normalized spacial score (nSPS) is 9.85. The average Bonchev–Trinajstić information content (AvgIpc) is 2.46. The first-order chi connectivity index (χ1) is 9.52. The van der Waals surface area contributed by atoms with Gasteiger partial charge in [-0.2, -0.15) is 5.26 Å². The quantitative estimate of drug-likeness (QED) is 0.928. The van der Waals surface area contributed by atoms with Crippen molar-refractivity contribution >= 4 is 17.5 Å². The van der Waals surface area contributed by atoms with Crippen LogP contribution < -0.4 is 4.90 Å². The molecule has 0 aliphatic heterocycles. The van der Waals surface area contributed by atoms with Crippen LogP contribution in [0.4, 0.5) is 15.9 Å². The van der Waals surface area contributed by atoms with E-state index in [-0.39, 0.29) is 11.4 Å². The van der Waals surface area contributed by atoms with Crippen molar-refractivity contribution in [1.82, 2.24) is 4.98 Å². The summed E-state index contributed by atoms with van der Waals surface area (Å²) >= 11 is 0. The highest BCUT2D eigenvalue weighted by molar-refractivity contribution is 5.94. The number of rotatable bonds is 3. The number of aromatic carboxylic acids is 1. The summed E-state index contributed by atoms with van der Waals surface area (Å²) in [5, 5.41) is 17.8. The maximum absolute atomic E-state index is 13.1. The summed E-state index contributed by atoms with van der Waals surface area (Å²) in [6, 6.07) is 9.45. The van der Waals surface area contributed by atoms with Crippen LogP contribution in [-0.4, -0.2) is 23.1 Å². The Kier molecular flexibility index (Phi) is 3.62. The van der Waals surface area contributed by atoms with E-state index in [1.54, 1.807) is 31.3 Å². The lowest BCUT2D eigenvalue weighted by Gasteiger charge is -2.20. The summed E-state index contributed by atoms with van der Waals surface area (Å²) in [4.78, 5) is 16.5. The van der Waals surface area contributed by atoms with E-state index in [2.05, 4.69) is 4.98 Å². The lowest BCUT2D eigenvalue weighted by molar-refractivity contribution is 0.0696. The third-order valence-corrected chi connectivity index (χ3v) is 2.77. The molecule has 0 spiro atoms. The summed E-state index contributed by atoms with van der Waals surface area (Å²) < 4.78 is 13.1. The number of carbonyl (C=O) groups is 1. The molecule has 0 fully saturated rings. The van der Waals surface area contributed by atoms with E-state index in [1.807, 2.05) is 6.07 Å². The lowest BCUT2D eigenvalue weighted by Crippen LogP contribution is -2.16. The summed E-state index contributed by atoms with van der Waals surface area (Å²) in [5.41, 5.74) is 0.912. The van der Waals surface area contributed by atoms with Crippen molar-refractivity contribution < 1.29 is 14.3 Å². The zero-order valence-electron chi connectivity index (χ0n) is 10.5. The number of hydrogen-bond donors (Lipinski definition) is 1. The van der Waals surface area contributed by atoms with Crippen LogP contribution in [0.1, 0.15) is 15.9 Å². The molecule has 1 N–H and O–H groups in total. The molecule has 1 aromatic carbocycles. The number of benzene rings is 1. The van der Waals surface area contributed by atoms with Gasteiger partial charge in [-0.15, -0.1) is 0 Å². The van der Waals surface area contributed by atoms with Crippen LogP contribution in [-0.2, 0) is 0 Å². The van der Waals surface area contributed by atoms with Gasteiger partial charge in [0.1, 0.15) is 17.2 Å². The topological polar surface area (TPSA) is 77.2 Å².